The van der Waals surface area contributed by atoms with Gasteiger partial charge in [-0.25, -0.2) is 13.2 Å². The van der Waals surface area contributed by atoms with E-state index in [0.29, 0.717) is 26.2 Å². The number of morpholine rings is 1. The topological polar surface area (TPSA) is 106 Å². The lowest BCUT2D eigenvalue weighted by atomic mass is 10.1. The van der Waals surface area contributed by atoms with Crippen LogP contribution in [0.1, 0.15) is 31.7 Å². The molecule has 3 rings (SSSR count). The first-order chi connectivity index (χ1) is 14.1. The van der Waals surface area contributed by atoms with Gasteiger partial charge in [-0.05, 0) is 37.0 Å². The number of halogens is 3. The lowest BCUT2D eigenvalue weighted by molar-refractivity contribution is -0.192. The third kappa shape index (κ3) is 6.62. The van der Waals surface area contributed by atoms with Crippen LogP contribution in [-0.2, 0) is 30.9 Å². The van der Waals surface area contributed by atoms with E-state index in [1.165, 1.54) is 0 Å². The fraction of sp³-hybridized carbons (Fsp3) is 0.667. The SMILES string of the molecule is CCCS(=O)(=O)N1CCO[C@@H]2[C@@H](OCc3ccncc3)CC[C@@H]21.O=C(O)C(F)(F)F. The molecule has 12 heteroatoms. The van der Waals surface area contributed by atoms with Gasteiger partial charge in [0.05, 0.1) is 31.1 Å². The number of hydrogen-bond acceptors (Lipinski definition) is 6. The highest BCUT2D eigenvalue weighted by Crippen LogP contribution is 2.34. The molecular weight excluding hydrogens is 429 g/mol. The number of carbonyl (C=O) groups is 1. The normalized spacial score (nSPS) is 24.6. The molecule has 1 aliphatic carbocycles. The van der Waals surface area contributed by atoms with Gasteiger partial charge in [0.1, 0.15) is 6.10 Å². The molecule has 1 aromatic heterocycles. The Balaban J connectivity index is 0.000000396. The van der Waals surface area contributed by atoms with E-state index in [4.69, 9.17) is 19.4 Å². The lowest BCUT2D eigenvalue weighted by Crippen LogP contribution is -2.54. The fourth-order valence-corrected chi connectivity index (χ4v) is 5.20. The minimum atomic E-state index is -5.08. The van der Waals surface area contributed by atoms with Crippen LogP contribution in [0.15, 0.2) is 24.5 Å². The molecular formula is C18H25F3N2O6S. The predicted molar refractivity (Wildman–Crippen MR) is 100 cm³/mol. The first kappa shape index (κ1) is 24.5. The van der Waals surface area contributed by atoms with E-state index < -0.39 is 22.2 Å². The van der Waals surface area contributed by atoms with E-state index in [0.717, 1.165) is 18.4 Å². The summed E-state index contributed by atoms with van der Waals surface area (Å²) in [6.07, 6.45) is 0.468. The molecule has 1 saturated carbocycles. The largest absolute Gasteiger partial charge is 0.490 e. The van der Waals surface area contributed by atoms with Crippen LogP contribution in [0.4, 0.5) is 13.2 Å². The Morgan fingerprint density at radius 2 is 1.97 bits per heavy atom. The van der Waals surface area contributed by atoms with Crippen molar-refractivity contribution < 1.29 is 41.0 Å². The van der Waals surface area contributed by atoms with E-state index >= 15 is 0 Å². The van der Waals surface area contributed by atoms with Gasteiger partial charge in [-0.3, -0.25) is 4.98 Å². The molecule has 170 valence electrons. The Hall–Kier alpha value is -1.76. The molecule has 2 heterocycles. The Morgan fingerprint density at radius 1 is 1.33 bits per heavy atom. The molecule has 0 spiro atoms. The Kier molecular flexibility index (Phi) is 8.59. The third-order valence-corrected chi connectivity index (χ3v) is 6.85. The van der Waals surface area contributed by atoms with E-state index in [9.17, 15) is 21.6 Å². The number of hydrogen-bond donors (Lipinski definition) is 1. The number of rotatable bonds is 6. The number of aliphatic carboxylic acids is 1. The molecule has 1 aliphatic heterocycles. The first-order valence-electron chi connectivity index (χ1n) is 9.48. The summed E-state index contributed by atoms with van der Waals surface area (Å²) in [5.41, 5.74) is 1.06. The standard InChI is InChI=1S/C16H24N2O4S.C2HF3O2/c1-2-11-23(19,20)18-9-10-21-16-14(18)3-4-15(16)22-12-13-5-7-17-8-6-13;3-2(4,5)1(6)7/h5-8,14-16H,2-4,9-12H2,1H3;(H,6,7)/t14-,15-,16-;/m0./s1. The molecule has 0 aromatic carbocycles. The highest BCUT2D eigenvalue weighted by Gasteiger charge is 2.46. The molecule has 8 nitrogen and oxygen atoms in total. The molecule has 30 heavy (non-hydrogen) atoms. The Morgan fingerprint density at radius 3 is 2.53 bits per heavy atom. The van der Waals surface area contributed by atoms with Crippen LogP contribution in [0.3, 0.4) is 0 Å². The second kappa shape index (κ2) is 10.5. The number of alkyl halides is 3. The molecule has 1 N–H and O–H groups in total. The lowest BCUT2D eigenvalue weighted by Gasteiger charge is -2.38. The third-order valence-electron chi connectivity index (χ3n) is 4.76. The Bertz CT molecular complexity index is 791. The number of pyridine rings is 1. The minimum absolute atomic E-state index is 0.0483. The fourth-order valence-electron chi connectivity index (χ4n) is 3.46. The smallest absolute Gasteiger partial charge is 0.475 e. The highest BCUT2D eigenvalue weighted by molar-refractivity contribution is 7.89. The zero-order chi connectivity index (χ0) is 22.4. The molecule has 2 fully saturated rings. The summed E-state index contributed by atoms with van der Waals surface area (Å²) < 4.78 is 70.1. The zero-order valence-electron chi connectivity index (χ0n) is 16.4. The number of carboxylic acids is 1. The van der Waals surface area contributed by atoms with Crippen LogP contribution >= 0.6 is 0 Å². The molecule has 0 amide bonds. The van der Waals surface area contributed by atoms with Gasteiger partial charge in [0.2, 0.25) is 10.0 Å². The molecule has 2 aliphatic rings. The summed E-state index contributed by atoms with van der Waals surface area (Å²) >= 11 is 0. The van der Waals surface area contributed by atoms with Crippen molar-refractivity contribution in [3.63, 3.8) is 0 Å². The van der Waals surface area contributed by atoms with E-state index in [1.54, 1.807) is 16.7 Å². The van der Waals surface area contributed by atoms with Gasteiger partial charge < -0.3 is 14.6 Å². The van der Waals surface area contributed by atoms with Crippen LogP contribution in [0, 0.1) is 0 Å². The minimum Gasteiger partial charge on any atom is -0.475 e. The maximum atomic E-state index is 12.4. The van der Waals surface area contributed by atoms with Crippen molar-refractivity contribution in [3.05, 3.63) is 30.1 Å². The van der Waals surface area contributed by atoms with E-state index in [2.05, 4.69) is 4.98 Å². The summed E-state index contributed by atoms with van der Waals surface area (Å²) in [5, 5.41) is 7.12. The quantitative estimate of drug-likeness (QED) is 0.702. The van der Waals surface area contributed by atoms with Gasteiger partial charge in [-0.15, -0.1) is 0 Å². The van der Waals surface area contributed by atoms with Crippen molar-refractivity contribution in [1.82, 2.24) is 9.29 Å². The summed E-state index contributed by atoms with van der Waals surface area (Å²) in [5.74, 6) is -2.55. The molecule has 3 atom stereocenters. The van der Waals surface area contributed by atoms with Gasteiger partial charge in [0, 0.05) is 18.9 Å². The summed E-state index contributed by atoms with van der Waals surface area (Å²) in [4.78, 5) is 12.9. The van der Waals surface area contributed by atoms with Gasteiger partial charge >= 0.3 is 12.1 Å². The number of ether oxygens (including phenoxy) is 2. The highest BCUT2D eigenvalue weighted by atomic mass is 32.2. The maximum absolute atomic E-state index is 12.4. The van der Waals surface area contributed by atoms with Crippen LogP contribution in [0.5, 0.6) is 0 Å². The van der Waals surface area contributed by atoms with E-state index in [-0.39, 0.29) is 24.0 Å². The van der Waals surface area contributed by atoms with Crippen LogP contribution in [0.2, 0.25) is 0 Å². The molecule has 0 bridgehead atoms. The average molecular weight is 454 g/mol. The van der Waals surface area contributed by atoms with Crippen LogP contribution < -0.4 is 0 Å². The van der Waals surface area contributed by atoms with Gasteiger partial charge in [0.15, 0.2) is 0 Å². The van der Waals surface area contributed by atoms with Crippen molar-refractivity contribution in [2.75, 3.05) is 18.9 Å². The molecule has 0 unspecified atom stereocenters. The predicted octanol–water partition coefficient (Wildman–Crippen LogP) is 2.20. The van der Waals surface area contributed by atoms with Crippen molar-refractivity contribution in [2.45, 2.75) is 57.2 Å². The summed E-state index contributed by atoms with van der Waals surface area (Å²) in [6, 6.07) is 3.76. The summed E-state index contributed by atoms with van der Waals surface area (Å²) in [6.45, 7) is 3.30. The summed E-state index contributed by atoms with van der Waals surface area (Å²) in [7, 11) is -3.19. The molecule has 1 aromatic rings. The number of nitrogens with zero attached hydrogens (tertiary/aromatic N) is 2. The average Bonchev–Trinajstić information content (AvgIpc) is 3.10. The molecule has 0 radical (unpaired) electrons. The van der Waals surface area contributed by atoms with Crippen molar-refractivity contribution in [2.24, 2.45) is 0 Å². The number of carboxylic acid groups (broad SMARTS) is 1. The zero-order valence-corrected chi connectivity index (χ0v) is 17.2. The van der Waals surface area contributed by atoms with Gasteiger partial charge in [0.25, 0.3) is 0 Å². The van der Waals surface area contributed by atoms with Crippen LogP contribution in [-0.4, -0.2) is 72.1 Å². The van der Waals surface area contributed by atoms with Crippen molar-refractivity contribution >= 4 is 16.0 Å². The number of sulfonamides is 1. The maximum Gasteiger partial charge on any atom is 0.490 e. The first-order valence-corrected chi connectivity index (χ1v) is 11.1. The Labute approximate surface area is 173 Å². The molecule has 1 saturated heterocycles. The second-order valence-electron chi connectivity index (χ2n) is 6.91. The van der Waals surface area contributed by atoms with Gasteiger partial charge in [-0.2, -0.15) is 17.5 Å². The van der Waals surface area contributed by atoms with Crippen LogP contribution in [0.25, 0.3) is 0 Å². The van der Waals surface area contributed by atoms with E-state index in [1.807, 2.05) is 19.1 Å². The monoisotopic (exact) mass is 454 g/mol. The van der Waals surface area contributed by atoms with Crippen molar-refractivity contribution in [1.29, 1.82) is 0 Å². The van der Waals surface area contributed by atoms with Gasteiger partial charge in [-0.1, -0.05) is 6.92 Å². The van der Waals surface area contributed by atoms with Crippen molar-refractivity contribution in [3.8, 4) is 0 Å². The number of fused-ring (bicyclic) bond motifs is 1. The number of aromatic nitrogens is 1. The second-order valence-corrected chi connectivity index (χ2v) is 8.96.